The zero-order chi connectivity index (χ0) is 11.3. The lowest BCUT2D eigenvalue weighted by molar-refractivity contribution is -0.133. The maximum atomic E-state index is 12.2. The van der Waals surface area contributed by atoms with E-state index in [1.54, 1.807) is 0 Å². The number of carbonyl (C=O) groups is 1. The van der Waals surface area contributed by atoms with Crippen molar-refractivity contribution in [3.8, 4) is 0 Å². The molecule has 0 heterocycles. The number of nitrogens with zero attached hydrogens (tertiary/aromatic N) is 1. The van der Waals surface area contributed by atoms with Crippen molar-refractivity contribution in [1.29, 1.82) is 0 Å². The normalized spacial score (nSPS) is 31.2. The molecule has 2 nitrogen and oxygen atoms in total. The molecular formula is C14H23NO. The first kappa shape index (κ1) is 10.6. The second kappa shape index (κ2) is 3.48. The van der Waals surface area contributed by atoms with E-state index in [9.17, 15) is 4.79 Å². The van der Waals surface area contributed by atoms with Crippen LogP contribution in [0.15, 0.2) is 0 Å². The molecule has 3 aliphatic rings. The molecule has 1 atom stereocenters. The SMILES string of the molecule is CC1(C)CC1CN(CC1CC1)C(=O)C1CC1. The summed E-state index contributed by atoms with van der Waals surface area (Å²) in [4.78, 5) is 14.4. The van der Waals surface area contributed by atoms with Crippen molar-refractivity contribution >= 4 is 5.91 Å². The highest BCUT2D eigenvalue weighted by Crippen LogP contribution is 2.52. The van der Waals surface area contributed by atoms with Gasteiger partial charge in [-0.2, -0.15) is 0 Å². The summed E-state index contributed by atoms with van der Waals surface area (Å²) in [5.41, 5.74) is 0.506. The Morgan fingerprint density at radius 1 is 1.19 bits per heavy atom. The predicted octanol–water partition coefficient (Wildman–Crippen LogP) is 2.68. The van der Waals surface area contributed by atoms with Gasteiger partial charge in [0, 0.05) is 19.0 Å². The summed E-state index contributed by atoms with van der Waals surface area (Å²) >= 11 is 0. The standard InChI is InChI=1S/C14H23NO/c1-14(2)7-12(14)9-15(8-10-3-4-10)13(16)11-5-6-11/h10-12H,3-9H2,1-2H3. The molecule has 3 rings (SSSR count). The van der Waals surface area contributed by atoms with Crippen LogP contribution in [0.2, 0.25) is 0 Å². The molecule has 0 aromatic rings. The molecule has 1 unspecified atom stereocenters. The minimum Gasteiger partial charge on any atom is -0.342 e. The summed E-state index contributed by atoms with van der Waals surface area (Å²) in [6.45, 7) is 6.75. The molecule has 0 bridgehead atoms. The van der Waals surface area contributed by atoms with Crippen LogP contribution in [0.3, 0.4) is 0 Å². The van der Waals surface area contributed by atoms with Gasteiger partial charge in [0.1, 0.15) is 0 Å². The maximum absolute atomic E-state index is 12.2. The minimum atomic E-state index is 0.403. The third-order valence-corrected chi connectivity index (χ3v) is 4.57. The summed E-state index contributed by atoms with van der Waals surface area (Å²) in [7, 11) is 0. The molecule has 16 heavy (non-hydrogen) atoms. The van der Waals surface area contributed by atoms with Crippen molar-refractivity contribution in [2.75, 3.05) is 13.1 Å². The topological polar surface area (TPSA) is 20.3 Å². The minimum absolute atomic E-state index is 0.403. The fourth-order valence-corrected chi connectivity index (χ4v) is 2.61. The highest BCUT2D eigenvalue weighted by Gasteiger charge is 2.48. The van der Waals surface area contributed by atoms with Gasteiger partial charge in [0.15, 0.2) is 0 Å². The summed E-state index contributed by atoms with van der Waals surface area (Å²) in [5.74, 6) is 2.48. The molecule has 2 heteroatoms. The Labute approximate surface area is 98.4 Å². The Bertz CT molecular complexity index is 302. The second-order valence-corrected chi connectivity index (χ2v) is 6.85. The molecule has 3 aliphatic carbocycles. The van der Waals surface area contributed by atoms with Gasteiger partial charge < -0.3 is 4.90 Å². The average molecular weight is 221 g/mol. The molecule has 0 aromatic carbocycles. The van der Waals surface area contributed by atoms with E-state index in [4.69, 9.17) is 0 Å². The molecule has 0 aromatic heterocycles. The summed E-state index contributed by atoms with van der Waals surface area (Å²) in [6, 6.07) is 0. The van der Waals surface area contributed by atoms with Crippen molar-refractivity contribution in [2.45, 2.75) is 46.0 Å². The van der Waals surface area contributed by atoms with Gasteiger partial charge in [-0.15, -0.1) is 0 Å². The molecule has 0 N–H and O–H groups in total. The van der Waals surface area contributed by atoms with Crippen molar-refractivity contribution in [2.24, 2.45) is 23.2 Å². The number of hydrogen-bond acceptors (Lipinski definition) is 1. The van der Waals surface area contributed by atoms with E-state index < -0.39 is 0 Å². The van der Waals surface area contributed by atoms with Crippen LogP contribution in [0.25, 0.3) is 0 Å². The Morgan fingerprint density at radius 3 is 2.25 bits per heavy atom. The monoisotopic (exact) mass is 221 g/mol. The highest BCUT2D eigenvalue weighted by molar-refractivity contribution is 5.81. The van der Waals surface area contributed by atoms with E-state index in [2.05, 4.69) is 18.7 Å². The zero-order valence-corrected chi connectivity index (χ0v) is 10.5. The highest BCUT2D eigenvalue weighted by atomic mass is 16.2. The van der Waals surface area contributed by atoms with Crippen molar-refractivity contribution in [1.82, 2.24) is 4.90 Å². The predicted molar refractivity (Wildman–Crippen MR) is 63.9 cm³/mol. The third-order valence-electron chi connectivity index (χ3n) is 4.57. The molecule has 3 fully saturated rings. The Kier molecular flexibility index (Phi) is 2.31. The lowest BCUT2D eigenvalue weighted by Gasteiger charge is -2.23. The first-order chi connectivity index (χ1) is 7.56. The molecule has 90 valence electrons. The summed E-state index contributed by atoms with van der Waals surface area (Å²) < 4.78 is 0. The van der Waals surface area contributed by atoms with Crippen LogP contribution in [0.4, 0.5) is 0 Å². The van der Waals surface area contributed by atoms with Gasteiger partial charge >= 0.3 is 0 Å². The number of rotatable bonds is 5. The van der Waals surface area contributed by atoms with Crippen LogP contribution in [-0.4, -0.2) is 23.9 Å². The van der Waals surface area contributed by atoms with E-state index in [1.165, 1.54) is 19.3 Å². The van der Waals surface area contributed by atoms with Gasteiger partial charge in [0.05, 0.1) is 0 Å². The van der Waals surface area contributed by atoms with Gasteiger partial charge in [-0.25, -0.2) is 0 Å². The van der Waals surface area contributed by atoms with E-state index in [0.717, 1.165) is 37.8 Å². The van der Waals surface area contributed by atoms with Crippen molar-refractivity contribution < 1.29 is 4.79 Å². The maximum Gasteiger partial charge on any atom is 0.225 e. The van der Waals surface area contributed by atoms with Crippen LogP contribution in [0.5, 0.6) is 0 Å². The van der Waals surface area contributed by atoms with E-state index >= 15 is 0 Å². The van der Waals surface area contributed by atoms with Crippen LogP contribution in [0, 0.1) is 23.2 Å². The third kappa shape index (κ3) is 2.26. The largest absolute Gasteiger partial charge is 0.342 e. The Morgan fingerprint density at radius 2 is 1.81 bits per heavy atom. The summed E-state index contributed by atoms with van der Waals surface area (Å²) in [6.07, 6.45) is 6.30. The second-order valence-electron chi connectivity index (χ2n) is 6.85. The fourth-order valence-electron chi connectivity index (χ4n) is 2.61. The van der Waals surface area contributed by atoms with Crippen molar-refractivity contribution in [3.05, 3.63) is 0 Å². The Balaban J connectivity index is 1.57. The average Bonchev–Trinajstić information content (AvgIpc) is 3.04. The number of carbonyl (C=O) groups excluding carboxylic acids is 1. The molecule has 0 spiro atoms. The lowest BCUT2D eigenvalue weighted by Crippen LogP contribution is -2.36. The number of amides is 1. The first-order valence-electron chi connectivity index (χ1n) is 6.85. The van der Waals surface area contributed by atoms with Gasteiger partial charge in [0.25, 0.3) is 0 Å². The van der Waals surface area contributed by atoms with Gasteiger partial charge in [-0.05, 0) is 49.4 Å². The van der Waals surface area contributed by atoms with Crippen LogP contribution >= 0.6 is 0 Å². The Hall–Kier alpha value is -0.530. The van der Waals surface area contributed by atoms with Gasteiger partial charge in [-0.1, -0.05) is 13.8 Å². The van der Waals surface area contributed by atoms with E-state index in [-0.39, 0.29) is 0 Å². The van der Waals surface area contributed by atoms with Crippen LogP contribution < -0.4 is 0 Å². The fraction of sp³-hybridized carbons (Fsp3) is 0.929. The molecule has 0 radical (unpaired) electrons. The van der Waals surface area contributed by atoms with Crippen LogP contribution in [-0.2, 0) is 4.79 Å². The van der Waals surface area contributed by atoms with Crippen LogP contribution in [0.1, 0.15) is 46.0 Å². The van der Waals surface area contributed by atoms with E-state index in [1.807, 2.05) is 0 Å². The smallest absolute Gasteiger partial charge is 0.225 e. The number of hydrogen-bond donors (Lipinski definition) is 0. The van der Waals surface area contributed by atoms with Gasteiger partial charge in [-0.3, -0.25) is 4.79 Å². The van der Waals surface area contributed by atoms with Crippen molar-refractivity contribution in [3.63, 3.8) is 0 Å². The molecule has 3 saturated carbocycles. The van der Waals surface area contributed by atoms with E-state index in [0.29, 0.717) is 17.2 Å². The lowest BCUT2D eigenvalue weighted by atomic mass is 10.1. The molecule has 0 aliphatic heterocycles. The molecular weight excluding hydrogens is 198 g/mol. The quantitative estimate of drug-likeness (QED) is 0.699. The molecule has 0 saturated heterocycles. The zero-order valence-electron chi connectivity index (χ0n) is 10.5. The summed E-state index contributed by atoms with van der Waals surface area (Å²) in [5, 5.41) is 0. The molecule has 1 amide bonds. The van der Waals surface area contributed by atoms with Gasteiger partial charge in [0.2, 0.25) is 5.91 Å². The first-order valence-corrected chi connectivity index (χ1v) is 6.85.